The predicted octanol–water partition coefficient (Wildman–Crippen LogP) is -2.04. The topological polar surface area (TPSA) is 433 Å². The van der Waals surface area contributed by atoms with Gasteiger partial charge >= 0.3 is 23.9 Å². The maximum Gasteiger partial charge on any atom is 0.335 e. The number of allylic oxidation sites excluding steroid dienone is 3. The SMILES string of the molecule is C/C=C(/C)C(=O)O[C@H]1[C@H](O)[C@@]2(COC(C)=O)C(CC1(C)C)C1=CCC3[C@@]4(C)CC[C@H](O[C@@H]5O[C@H](C(=O)O)[C@@H](O)[C@H](O[C@@H]6OC[C@H](O)[C@H](O)[C@H]6O[C@@H]6OC[C@@H](O)[C@H](O)[C@H]6O)[C@H]5O[C@H]5O[C@H](CO)[C@H](O)[C@H](O)[C@H]5O)[C@@](C)(C(=O)OC)C4CC[C@@]3(C)[C@]1(C)C[C@H]2O. The Labute approximate surface area is 509 Å². The molecular weight excluding hydrogens is 1170 g/mol. The van der Waals surface area contributed by atoms with Crippen LogP contribution in [-0.4, -0.2) is 259 Å². The second kappa shape index (κ2) is 25.5. The Morgan fingerprint density at radius 1 is 0.682 bits per heavy atom. The number of carboxylic acid groups (broad SMARTS) is 1. The fourth-order valence-corrected chi connectivity index (χ4v) is 17.2. The third kappa shape index (κ3) is 11.3. The van der Waals surface area contributed by atoms with E-state index in [0.717, 1.165) is 5.57 Å². The highest BCUT2D eigenvalue weighted by Crippen LogP contribution is 2.76. The van der Waals surface area contributed by atoms with Crippen molar-refractivity contribution in [2.45, 2.75) is 242 Å². The summed E-state index contributed by atoms with van der Waals surface area (Å²) >= 11 is 0. The number of hydrogen-bond donors (Lipinski definition) is 13. The fourth-order valence-electron chi connectivity index (χ4n) is 17.2. The molecule has 8 fully saturated rings. The normalized spacial score (nSPS) is 50.2. The first-order valence-electron chi connectivity index (χ1n) is 30.4. The van der Waals surface area contributed by atoms with E-state index in [1.807, 2.05) is 13.8 Å². The average molecular weight is 1260 g/mol. The van der Waals surface area contributed by atoms with Gasteiger partial charge in [0.2, 0.25) is 0 Å². The number of aliphatic hydroxyl groups excluding tert-OH is 12. The molecule has 0 aromatic carbocycles. The maximum absolute atomic E-state index is 15.0. The standard InChI is InChI=1S/C60H92O28/c1-11-24(2)49(76)88-47-46(73)60(23-81-25(3)62)27(18-55(47,4)5)26-12-13-31-56(6)16-15-34(59(9,54(77)78-10)32(56)14-17-57(31,7)58(26,8)19-33(60)65)83-53-45(87-51-40(71)38(69)37(68)30(20-61)82-51)42(41(72)43(85-53)48(74)75)84-52-44(36(67)29(64)22-80-52)86-50-39(70)35(66)28(63)21-79-50/h11-12,27-47,50-53,61,63-73H,13-23H2,1-10H3,(H,74,75)/b24-11-/t27?,28-,29+,30-,31?,32?,33-,34+,35+,36+,37+,38+,39-,40-,41+,42+,43+,44-,45-,46+,47+,50+,51-,52+,53-,56-,57-,58-,59+,60+/m1/s1. The monoisotopic (exact) mass is 1260 g/mol. The lowest BCUT2D eigenvalue weighted by molar-refractivity contribution is -0.399. The van der Waals surface area contributed by atoms with Crippen LogP contribution in [0.15, 0.2) is 23.3 Å². The van der Waals surface area contributed by atoms with Gasteiger partial charge in [0.05, 0.1) is 50.0 Å². The smallest absolute Gasteiger partial charge is 0.335 e. The van der Waals surface area contributed by atoms with Crippen LogP contribution in [0.2, 0.25) is 0 Å². The summed E-state index contributed by atoms with van der Waals surface area (Å²) in [6.45, 7) is 13.9. The van der Waals surface area contributed by atoms with E-state index in [9.17, 15) is 85.6 Å². The molecule has 5 aliphatic carbocycles. The van der Waals surface area contributed by atoms with Crippen LogP contribution in [0.5, 0.6) is 0 Å². The first-order chi connectivity index (χ1) is 41.1. The molecule has 9 aliphatic rings. The predicted molar refractivity (Wildman–Crippen MR) is 295 cm³/mol. The molecule has 4 heterocycles. The van der Waals surface area contributed by atoms with Crippen LogP contribution in [0.4, 0.5) is 0 Å². The Morgan fingerprint density at radius 3 is 1.93 bits per heavy atom. The molecule has 4 aliphatic heterocycles. The Hall–Kier alpha value is -3.44. The summed E-state index contributed by atoms with van der Waals surface area (Å²) in [4.78, 5) is 54.2. The molecule has 0 aromatic heterocycles. The minimum Gasteiger partial charge on any atom is -0.479 e. The van der Waals surface area contributed by atoms with Gasteiger partial charge in [-0.25, -0.2) is 9.59 Å². The number of methoxy groups -OCH3 is 1. The number of esters is 3. The van der Waals surface area contributed by atoms with Gasteiger partial charge < -0.3 is 118 Å². The van der Waals surface area contributed by atoms with Crippen LogP contribution < -0.4 is 0 Å². The van der Waals surface area contributed by atoms with E-state index in [1.54, 1.807) is 26.8 Å². The molecule has 500 valence electrons. The van der Waals surface area contributed by atoms with E-state index in [1.165, 1.54) is 14.0 Å². The zero-order valence-corrected chi connectivity index (χ0v) is 51.3. The summed E-state index contributed by atoms with van der Waals surface area (Å²) in [5.41, 5.74) is -4.88. The summed E-state index contributed by atoms with van der Waals surface area (Å²) in [7, 11) is 1.20. The molecule has 0 aromatic rings. The van der Waals surface area contributed by atoms with Gasteiger partial charge in [0, 0.05) is 17.9 Å². The Morgan fingerprint density at radius 2 is 1.31 bits per heavy atom. The van der Waals surface area contributed by atoms with Crippen molar-refractivity contribution in [2.75, 3.05) is 33.5 Å². The van der Waals surface area contributed by atoms with Crippen molar-refractivity contribution in [2.24, 2.45) is 50.2 Å². The minimum atomic E-state index is -2.31. The summed E-state index contributed by atoms with van der Waals surface area (Å²) in [6.07, 6.45) is -34.4. The molecule has 13 N–H and O–H groups in total. The van der Waals surface area contributed by atoms with Crippen LogP contribution in [0.3, 0.4) is 0 Å². The summed E-state index contributed by atoms with van der Waals surface area (Å²) in [6, 6.07) is 0. The number of rotatable bonds is 15. The molecule has 9 rings (SSSR count). The molecule has 4 saturated carbocycles. The number of carboxylic acids is 1. The van der Waals surface area contributed by atoms with Crippen LogP contribution in [0.25, 0.3) is 0 Å². The van der Waals surface area contributed by atoms with E-state index in [2.05, 4.69) is 26.8 Å². The van der Waals surface area contributed by atoms with Crippen molar-refractivity contribution in [3.63, 3.8) is 0 Å². The zero-order valence-electron chi connectivity index (χ0n) is 51.3. The van der Waals surface area contributed by atoms with Gasteiger partial charge in [0.15, 0.2) is 31.3 Å². The largest absolute Gasteiger partial charge is 0.479 e. The van der Waals surface area contributed by atoms with E-state index in [0.29, 0.717) is 37.7 Å². The van der Waals surface area contributed by atoms with Gasteiger partial charge in [-0.15, -0.1) is 0 Å². The van der Waals surface area contributed by atoms with Gasteiger partial charge in [-0.2, -0.15) is 0 Å². The third-order valence-corrected chi connectivity index (χ3v) is 22.5. The molecular formula is C60H92O28. The highest BCUT2D eigenvalue weighted by Gasteiger charge is 2.75. The van der Waals surface area contributed by atoms with Gasteiger partial charge in [-0.1, -0.05) is 52.3 Å². The van der Waals surface area contributed by atoms with Crippen molar-refractivity contribution in [3.8, 4) is 0 Å². The van der Waals surface area contributed by atoms with Crippen molar-refractivity contribution >= 4 is 23.9 Å². The van der Waals surface area contributed by atoms with E-state index < -0.39 is 223 Å². The highest BCUT2D eigenvalue weighted by molar-refractivity contribution is 5.87. The van der Waals surface area contributed by atoms with Crippen LogP contribution >= 0.6 is 0 Å². The van der Waals surface area contributed by atoms with Crippen LogP contribution in [0, 0.1) is 50.2 Å². The summed E-state index contributed by atoms with van der Waals surface area (Å²) in [5, 5.41) is 145. The molecule has 28 nitrogen and oxygen atoms in total. The lowest BCUT2D eigenvalue weighted by Crippen LogP contribution is -2.72. The third-order valence-electron chi connectivity index (χ3n) is 22.5. The van der Waals surface area contributed by atoms with Crippen molar-refractivity contribution in [3.05, 3.63) is 23.3 Å². The molecule has 28 heteroatoms. The molecule has 0 spiro atoms. The Kier molecular flexibility index (Phi) is 19.9. The molecule has 0 bridgehead atoms. The zero-order chi connectivity index (χ0) is 64.9. The molecule has 88 heavy (non-hydrogen) atoms. The number of aliphatic carboxylic acids is 1. The number of aliphatic hydroxyl groups is 12. The number of carbonyl (C=O) groups is 4. The van der Waals surface area contributed by atoms with Crippen LogP contribution in [0.1, 0.15) is 107 Å². The molecule has 0 radical (unpaired) electrons. The number of carbonyl (C=O) groups excluding carboxylic acids is 3. The first-order valence-corrected chi connectivity index (χ1v) is 30.4. The van der Waals surface area contributed by atoms with Gasteiger partial charge in [-0.05, 0) is 99.7 Å². The Balaban J connectivity index is 1.07. The highest BCUT2D eigenvalue weighted by atomic mass is 16.8. The van der Waals surface area contributed by atoms with Gasteiger partial charge in [-0.3, -0.25) is 9.59 Å². The summed E-state index contributed by atoms with van der Waals surface area (Å²) < 4.78 is 65.8. The van der Waals surface area contributed by atoms with Crippen molar-refractivity contribution in [1.29, 1.82) is 0 Å². The number of hydrogen-bond acceptors (Lipinski definition) is 27. The fraction of sp³-hybridized carbons (Fsp3) is 0.867. The second-order valence-electron chi connectivity index (χ2n) is 27.6. The molecule has 30 atom stereocenters. The molecule has 4 saturated heterocycles. The van der Waals surface area contributed by atoms with Crippen LogP contribution in [-0.2, 0) is 71.3 Å². The number of fused-ring (bicyclic) bond motifs is 7. The Bertz CT molecular complexity index is 2620. The van der Waals surface area contributed by atoms with Crippen molar-refractivity contribution in [1.82, 2.24) is 0 Å². The number of ether oxygens (including phenoxy) is 11. The van der Waals surface area contributed by atoms with Crippen molar-refractivity contribution < 1.29 is 138 Å². The summed E-state index contributed by atoms with van der Waals surface area (Å²) in [5.74, 6) is -5.15. The molecule has 0 amide bonds. The van der Waals surface area contributed by atoms with E-state index >= 15 is 0 Å². The quantitative estimate of drug-likeness (QED) is 0.0276. The van der Waals surface area contributed by atoms with E-state index in [-0.39, 0.29) is 25.4 Å². The van der Waals surface area contributed by atoms with Gasteiger partial charge in [0.25, 0.3) is 0 Å². The van der Waals surface area contributed by atoms with Gasteiger partial charge in [0.1, 0.15) is 98.2 Å². The lowest BCUT2D eigenvalue weighted by Gasteiger charge is -2.72. The first kappa shape index (κ1) is 68.9. The lowest BCUT2D eigenvalue weighted by atomic mass is 9.33. The minimum absolute atomic E-state index is 0.0385. The average Bonchev–Trinajstić information content (AvgIpc) is 0.681. The maximum atomic E-state index is 15.0. The van der Waals surface area contributed by atoms with E-state index in [4.69, 9.17) is 52.1 Å². The molecule has 3 unspecified atom stereocenters. The second-order valence-corrected chi connectivity index (χ2v) is 27.6.